The van der Waals surface area contributed by atoms with Crippen LogP contribution in [0.25, 0.3) is 10.2 Å². The number of benzene rings is 1. The van der Waals surface area contributed by atoms with Crippen LogP contribution in [0, 0.1) is 13.8 Å². The number of aryl methyl sites for hydroxylation is 2. The summed E-state index contributed by atoms with van der Waals surface area (Å²) >= 11 is 1.52. The second-order valence-electron chi connectivity index (χ2n) is 5.13. The molecule has 2 aromatic heterocycles. The predicted molar refractivity (Wildman–Crippen MR) is 83.2 cm³/mol. The van der Waals surface area contributed by atoms with E-state index in [0.717, 1.165) is 20.8 Å². The Morgan fingerprint density at radius 3 is 2.59 bits per heavy atom. The fourth-order valence-electron chi connectivity index (χ4n) is 2.33. The molecule has 0 amide bonds. The predicted octanol–water partition coefficient (Wildman–Crippen LogP) is 1.49. The number of thiophene rings is 1. The fraction of sp³-hybridized carbons (Fsp3) is 0.188. The van der Waals surface area contributed by atoms with Crippen molar-refractivity contribution in [2.24, 2.45) is 0 Å². The van der Waals surface area contributed by atoms with Crippen molar-refractivity contribution >= 4 is 27.5 Å². The topological polar surface area (TPSA) is 75.0 Å². The molecule has 0 bridgehead atoms. The van der Waals surface area contributed by atoms with E-state index >= 15 is 0 Å². The largest absolute Gasteiger partial charge is 0.545 e. The van der Waals surface area contributed by atoms with Crippen LogP contribution in [-0.2, 0) is 6.54 Å². The molecule has 0 spiro atoms. The van der Waals surface area contributed by atoms with Gasteiger partial charge in [0.2, 0.25) is 0 Å². The molecule has 0 aliphatic rings. The zero-order chi connectivity index (χ0) is 15.9. The van der Waals surface area contributed by atoms with Crippen LogP contribution in [0.3, 0.4) is 0 Å². The van der Waals surface area contributed by atoms with Gasteiger partial charge in [0.1, 0.15) is 4.83 Å². The molecule has 2 heterocycles. The molecule has 0 aliphatic carbocycles. The lowest BCUT2D eigenvalue weighted by Gasteiger charge is -2.07. The minimum absolute atomic E-state index is 0.0733. The van der Waals surface area contributed by atoms with E-state index in [-0.39, 0.29) is 11.1 Å². The Kier molecular flexibility index (Phi) is 3.54. The molecule has 1 aromatic carbocycles. The van der Waals surface area contributed by atoms with Crippen LogP contribution in [0.5, 0.6) is 0 Å². The van der Waals surface area contributed by atoms with Crippen molar-refractivity contribution in [3.05, 3.63) is 62.5 Å². The quantitative estimate of drug-likeness (QED) is 0.734. The molecule has 0 N–H and O–H groups in total. The zero-order valence-electron chi connectivity index (χ0n) is 12.1. The third kappa shape index (κ3) is 2.42. The van der Waals surface area contributed by atoms with E-state index < -0.39 is 5.97 Å². The smallest absolute Gasteiger partial charge is 0.262 e. The molecule has 0 saturated heterocycles. The Bertz CT molecular complexity index is 923. The molecule has 112 valence electrons. The molecule has 0 fully saturated rings. The summed E-state index contributed by atoms with van der Waals surface area (Å²) in [5.74, 6) is -1.21. The van der Waals surface area contributed by atoms with Crippen molar-refractivity contribution < 1.29 is 9.90 Å². The molecule has 5 nitrogen and oxygen atoms in total. The lowest BCUT2D eigenvalue weighted by molar-refractivity contribution is -0.255. The number of carbonyl (C=O) groups is 1. The van der Waals surface area contributed by atoms with Gasteiger partial charge in [0.25, 0.3) is 5.56 Å². The lowest BCUT2D eigenvalue weighted by atomic mass is 10.1. The third-order valence-corrected chi connectivity index (χ3v) is 4.81. The average Bonchev–Trinajstić information content (AvgIpc) is 2.78. The number of fused-ring (bicyclic) bond motifs is 1. The minimum atomic E-state index is -1.21. The first-order chi connectivity index (χ1) is 10.5. The van der Waals surface area contributed by atoms with Crippen LogP contribution < -0.4 is 10.7 Å². The number of hydrogen-bond acceptors (Lipinski definition) is 5. The molecule has 0 radical (unpaired) electrons. The molecule has 0 aliphatic heterocycles. The van der Waals surface area contributed by atoms with E-state index in [4.69, 9.17) is 0 Å². The van der Waals surface area contributed by atoms with Gasteiger partial charge in [-0.15, -0.1) is 11.3 Å². The van der Waals surface area contributed by atoms with Gasteiger partial charge in [-0.1, -0.05) is 24.3 Å². The van der Waals surface area contributed by atoms with E-state index in [1.807, 2.05) is 13.8 Å². The van der Waals surface area contributed by atoms with Crippen molar-refractivity contribution in [1.82, 2.24) is 9.55 Å². The monoisotopic (exact) mass is 313 g/mol. The number of nitrogens with zero attached hydrogens (tertiary/aromatic N) is 2. The normalized spacial score (nSPS) is 11.0. The van der Waals surface area contributed by atoms with Crippen LogP contribution in [0.1, 0.15) is 26.4 Å². The highest BCUT2D eigenvalue weighted by Gasteiger charge is 2.12. The summed E-state index contributed by atoms with van der Waals surface area (Å²) in [4.78, 5) is 29.5. The van der Waals surface area contributed by atoms with Crippen molar-refractivity contribution in [3.63, 3.8) is 0 Å². The van der Waals surface area contributed by atoms with Gasteiger partial charge in [-0.2, -0.15) is 0 Å². The maximum absolute atomic E-state index is 12.6. The second kappa shape index (κ2) is 5.38. The summed E-state index contributed by atoms with van der Waals surface area (Å²) < 4.78 is 1.54. The molecule has 0 saturated carbocycles. The maximum Gasteiger partial charge on any atom is 0.262 e. The van der Waals surface area contributed by atoms with Gasteiger partial charge in [-0.25, -0.2) is 4.98 Å². The highest BCUT2D eigenvalue weighted by atomic mass is 32.1. The van der Waals surface area contributed by atoms with Crippen molar-refractivity contribution in [3.8, 4) is 0 Å². The Labute approximate surface area is 130 Å². The molecule has 3 rings (SSSR count). The number of aromatic nitrogens is 2. The molecule has 0 atom stereocenters. The lowest BCUT2D eigenvalue weighted by Crippen LogP contribution is -2.22. The number of aromatic carboxylic acids is 1. The van der Waals surface area contributed by atoms with Crippen LogP contribution in [0.2, 0.25) is 0 Å². The number of rotatable bonds is 3. The van der Waals surface area contributed by atoms with E-state index in [1.54, 1.807) is 12.1 Å². The van der Waals surface area contributed by atoms with Gasteiger partial charge in [0, 0.05) is 4.88 Å². The van der Waals surface area contributed by atoms with Crippen molar-refractivity contribution in [1.29, 1.82) is 0 Å². The van der Waals surface area contributed by atoms with Gasteiger partial charge < -0.3 is 9.90 Å². The Morgan fingerprint density at radius 2 is 1.95 bits per heavy atom. The van der Waals surface area contributed by atoms with Crippen LogP contribution >= 0.6 is 11.3 Å². The SMILES string of the molecule is Cc1sc2ncn(Cc3ccc(C(=O)[O-])cc3)c(=O)c2c1C. The average molecular weight is 313 g/mol. The molecule has 3 aromatic rings. The van der Waals surface area contributed by atoms with E-state index in [2.05, 4.69) is 4.98 Å². The fourth-order valence-corrected chi connectivity index (χ4v) is 3.31. The highest BCUT2D eigenvalue weighted by molar-refractivity contribution is 7.18. The second-order valence-corrected chi connectivity index (χ2v) is 6.33. The van der Waals surface area contributed by atoms with Crippen LogP contribution in [0.4, 0.5) is 0 Å². The Hall–Kier alpha value is -2.47. The highest BCUT2D eigenvalue weighted by Crippen LogP contribution is 2.25. The van der Waals surface area contributed by atoms with Crippen LogP contribution in [0.15, 0.2) is 35.4 Å². The first kappa shape index (κ1) is 14.5. The van der Waals surface area contributed by atoms with Gasteiger partial charge in [0.05, 0.1) is 24.2 Å². The van der Waals surface area contributed by atoms with Gasteiger partial charge >= 0.3 is 0 Å². The minimum Gasteiger partial charge on any atom is -0.545 e. The summed E-state index contributed by atoms with van der Waals surface area (Å²) in [6.07, 6.45) is 1.53. The van der Waals surface area contributed by atoms with Gasteiger partial charge in [-0.05, 0) is 30.5 Å². The van der Waals surface area contributed by atoms with E-state index in [0.29, 0.717) is 11.9 Å². The zero-order valence-corrected chi connectivity index (χ0v) is 12.9. The molecular formula is C16H13N2O3S-. The third-order valence-electron chi connectivity index (χ3n) is 3.70. The molecule has 22 heavy (non-hydrogen) atoms. The number of carboxylic acid groups (broad SMARTS) is 1. The number of carboxylic acids is 1. The summed E-state index contributed by atoms with van der Waals surface area (Å²) in [5.41, 5.74) is 1.85. The van der Waals surface area contributed by atoms with Gasteiger partial charge in [-0.3, -0.25) is 9.36 Å². The molecular weight excluding hydrogens is 300 g/mol. The molecule has 0 unspecified atom stereocenters. The standard InChI is InChI=1S/C16H14N2O3S/c1-9-10(2)22-14-13(9)15(19)18(8-17-14)7-11-3-5-12(6-4-11)16(20)21/h3-6,8H,7H2,1-2H3,(H,20,21)/p-1. The van der Waals surface area contributed by atoms with E-state index in [1.165, 1.54) is 34.4 Å². The Morgan fingerprint density at radius 1 is 1.27 bits per heavy atom. The summed E-state index contributed by atoms with van der Waals surface area (Å²) in [6.45, 7) is 4.25. The Balaban J connectivity index is 2.00. The number of hydrogen-bond donors (Lipinski definition) is 0. The first-order valence-electron chi connectivity index (χ1n) is 6.73. The van der Waals surface area contributed by atoms with Crippen LogP contribution in [-0.4, -0.2) is 15.5 Å². The first-order valence-corrected chi connectivity index (χ1v) is 7.54. The molecule has 6 heteroatoms. The maximum atomic E-state index is 12.6. The van der Waals surface area contributed by atoms with Gasteiger partial charge in [0.15, 0.2) is 0 Å². The summed E-state index contributed by atoms with van der Waals surface area (Å²) in [6, 6.07) is 6.30. The van der Waals surface area contributed by atoms with Crippen molar-refractivity contribution in [2.75, 3.05) is 0 Å². The van der Waals surface area contributed by atoms with E-state index in [9.17, 15) is 14.7 Å². The number of carbonyl (C=O) groups excluding carboxylic acids is 1. The summed E-state index contributed by atoms with van der Waals surface area (Å²) in [7, 11) is 0. The summed E-state index contributed by atoms with van der Waals surface area (Å²) in [5, 5.41) is 11.4. The van der Waals surface area contributed by atoms with Crippen molar-refractivity contribution in [2.45, 2.75) is 20.4 Å².